The predicted molar refractivity (Wildman–Crippen MR) is 168 cm³/mol. The second-order valence-corrected chi connectivity index (χ2v) is 12.1. The quantitative estimate of drug-likeness (QED) is 0.247. The zero-order chi connectivity index (χ0) is 31.1. The number of amides is 1. The predicted octanol–water partition coefficient (Wildman–Crippen LogP) is 4.46. The molecule has 1 aliphatic heterocycles. The van der Waals surface area contributed by atoms with E-state index in [1.54, 1.807) is 6.07 Å². The Morgan fingerprint density at radius 3 is 2.63 bits per heavy atom. The molecule has 0 spiro atoms. The molecular formula is C32H46N6O5. The summed E-state index contributed by atoms with van der Waals surface area (Å²) in [6.07, 6.45) is 1.89. The van der Waals surface area contributed by atoms with E-state index in [1.807, 2.05) is 56.5 Å². The molecule has 4 rings (SSSR count). The van der Waals surface area contributed by atoms with E-state index >= 15 is 0 Å². The molecule has 1 fully saturated rings. The van der Waals surface area contributed by atoms with Gasteiger partial charge >= 0.3 is 12.1 Å². The summed E-state index contributed by atoms with van der Waals surface area (Å²) in [6, 6.07) is 9.48. The molecule has 3 heterocycles. The lowest BCUT2D eigenvalue weighted by Gasteiger charge is -2.34. The van der Waals surface area contributed by atoms with Gasteiger partial charge in [-0.2, -0.15) is 0 Å². The monoisotopic (exact) mass is 594 g/mol. The number of carbonyl (C=O) groups excluding carboxylic acids is 2. The number of aromatic amines is 1. The molecule has 234 valence electrons. The van der Waals surface area contributed by atoms with E-state index in [4.69, 9.17) is 14.5 Å². The van der Waals surface area contributed by atoms with Crippen LogP contribution in [0.4, 0.5) is 10.7 Å². The summed E-state index contributed by atoms with van der Waals surface area (Å²) in [7, 11) is 0. The van der Waals surface area contributed by atoms with Crippen LogP contribution >= 0.6 is 0 Å². The fraction of sp³-hybridized carbons (Fsp3) is 0.562. The molecule has 0 aliphatic carbocycles. The maximum absolute atomic E-state index is 13.5. The second kappa shape index (κ2) is 14.1. The van der Waals surface area contributed by atoms with Crippen molar-refractivity contribution in [1.29, 1.82) is 0 Å². The number of pyridine rings is 1. The van der Waals surface area contributed by atoms with Gasteiger partial charge in [0.2, 0.25) is 5.95 Å². The number of esters is 1. The van der Waals surface area contributed by atoms with Gasteiger partial charge in [-0.05, 0) is 77.2 Å². The highest BCUT2D eigenvalue weighted by Gasteiger charge is 2.28. The summed E-state index contributed by atoms with van der Waals surface area (Å²) in [5, 5.41) is 2.99. The van der Waals surface area contributed by atoms with Crippen LogP contribution in [0.5, 0.6) is 0 Å². The van der Waals surface area contributed by atoms with E-state index in [1.165, 1.54) is 0 Å². The number of hydrogen-bond acceptors (Lipinski definition) is 8. The molecular weight excluding hydrogens is 548 g/mol. The van der Waals surface area contributed by atoms with Crippen LogP contribution in [0.2, 0.25) is 0 Å². The van der Waals surface area contributed by atoms with Crippen molar-refractivity contribution in [2.45, 2.75) is 79.0 Å². The van der Waals surface area contributed by atoms with E-state index in [2.05, 4.69) is 33.9 Å². The number of nitrogens with one attached hydrogen (secondary N) is 2. The van der Waals surface area contributed by atoms with Gasteiger partial charge in [0.15, 0.2) is 0 Å². The second-order valence-electron chi connectivity index (χ2n) is 12.1. The highest BCUT2D eigenvalue weighted by atomic mass is 16.6. The first kappa shape index (κ1) is 32.1. The minimum Gasteiger partial charge on any atom is -0.461 e. The summed E-state index contributed by atoms with van der Waals surface area (Å²) in [5.41, 5.74) is 2.05. The number of nitrogens with zero attached hydrogens (tertiary/aromatic N) is 4. The van der Waals surface area contributed by atoms with Gasteiger partial charge in [-0.15, -0.1) is 0 Å². The van der Waals surface area contributed by atoms with Crippen LogP contribution in [0.1, 0.15) is 75.5 Å². The van der Waals surface area contributed by atoms with Crippen LogP contribution in [0, 0.1) is 6.92 Å². The van der Waals surface area contributed by atoms with Crippen LogP contribution in [-0.4, -0.2) is 82.5 Å². The Bertz CT molecular complexity index is 1470. The Kier molecular flexibility index (Phi) is 10.5. The zero-order valence-corrected chi connectivity index (χ0v) is 26.4. The number of ether oxygens (including phenoxy) is 2. The molecule has 1 aromatic carbocycles. The van der Waals surface area contributed by atoms with E-state index in [0.717, 1.165) is 43.6 Å². The van der Waals surface area contributed by atoms with E-state index < -0.39 is 23.2 Å². The topological polar surface area (TPSA) is 122 Å². The number of fused-ring (bicyclic) bond motifs is 1. The summed E-state index contributed by atoms with van der Waals surface area (Å²) in [5.74, 6) is 0.0392. The average molecular weight is 595 g/mol. The van der Waals surface area contributed by atoms with Crippen LogP contribution < -0.4 is 15.8 Å². The Morgan fingerprint density at radius 2 is 1.93 bits per heavy atom. The third kappa shape index (κ3) is 8.37. The minimum absolute atomic E-state index is 0.0792. The largest absolute Gasteiger partial charge is 0.461 e. The van der Waals surface area contributed by atoms with E-state index in [0.29, 0.717) is 43.0 Å². The van der Waals surface area contributed by atoms with E-state index in [9.17, 15) is 14.4 Å². The number of carbonyl (C=O) groups is 2. The molecule has 0 saturated carbocycles. The summed E-state index contributed by atoms with van der Waals surface area (Å²) >= 11 is 0. The Morgan fingerprint density at radius 1 is 1.19 bits per heavy atom. The van der Waals surface area contributed by atoms with Gasteiger partial charge < -0.3 is 34.1 Å². The number of rotatable bonds is 11. The highest BCUT2D eigenvalue weighted by Crippen LogP contribution is 2.26. The van der Waals surface area contributed by atoms with Crippen molar-refractivity contribution < 1.29 is 19.1 Å². The smallest absolute Gasteiger partial charge is 0.407 e. The molecule has 2 aromatic heterocycles. The van der Waals surface area contributed by atoms with Crippen molar-refractivity contribution >= 4 is 29.0 Å². The van der Waals surface area contributed by atoms with Gasteiger partial charge in [0, 0.05) is 25.7 Å². The van der Waals surface area contributed by atoms with Gasteiger partial charge in [-0.3, -0.25) is 4.79 Å². The number of piperidine rings is 1. The first-order valence-corrected chi connectivity index (χ1v) is 15.3. The molecule has 1 amide bonds. The number of aryl methyl sites for hydroxylation is 1. The Hall–Kier alpha value is -3.86. The van der Waals surface area contributed by atoms with Gasteiger partial charge in [0.05, 0.1) is 18.7 Å². The van der Waals surface area contributed by atoms with E-state index in [-0.39, 0.29) is 18.3 Å². The minimum atomic E-state index is -0.592. The SMILES string of the molecule is CCN(CC)CCCOC(=O)c1cc2nc(N3CCC[C@@H](NC(=O)OC(C)(C)C)C3)n(Cc3ccccc3C)c2c(=O)[nH]1. The third-order valence-corrected chi connectivity index (χ3v) is 7.70. The molecule has 43 heavy (non-hydrogen) atoms. The lowest BCUT2D eigenvalue weighted by atomic mass is 10.1. The van der Waals surface area contributed by atoms with Gasteiger partial charge in [0.1, 0.15) is 16.8 Å². The molecule has 11 nitrogen and oxygen atoms in total. The van der Waals surface area contributed by atoms with Gasteiger partial charge in [-0.25, -0.2) is 14.6 Å². The number of alkyl carbamates (subject to hydrolysis) is 1. The molecule has 1 atom stereocenters. The summed E-state index contributed by atoms with van der Waals surface area (Å²) in [6.45, 7) is 16.4. The number of aromatic nitrogens is 3. The first-order chi connectivity index (χ1) is 20.5. The fourth-order valence-electron chi connectivity index (χ4n) is 5.43. The molecule has 11 heteroatoms. The van der Waals surface area contributed by atoms with Crippen molar-refractivity contribution in [1.82, 2.24) is 24.8 Å². The molecule has 0 bridgehead atoms. The van der Waals surface area contributed by atoms with Crippen molar-refractivity contribution in [2.75, 3.05) is 44.2 Å². The summed E-state index contributed by atoms with van der Waals surface area (Å²) in [4.78, 5) is 50.9. The Balaban J connectivity index is 1.62. The van der Waals surface area contributed by atoms with Crippen molar-refractivity contribution in [3.05, 3.63) is 57.5 Å². The maximum atomic E-state index is 13.5. The standard InChI is InChI=1S/C32H46N6O5/c1-7-36(8-2)16-12-18-42-29(40)26-19-25-27(28(39)34-26)38(20-23-14-10-9-13-22(23)3)30(35-25)37-17-11-15-24(21-37)33-31(41)43-32(4,5)6/h9-10,13-14,19,24H,7-8,11-12,15-18,20-21H2,1-6H3,(H,33,41)(H,34,39)/t24-/m1/s1. The van der Waals surface area contributed by atoms with Gasteiger partial charge in [-0.1, -0.05) is 38.1 Å². The number of H-pyrrole nitrogens is 1. The lowest BCUT2D eigenvalue weighted by molar-refractivity contribution is 0.0477. The van der Waals surface area contributed by atoms with Crippen molar-refractivity contribution in [3.8, 4) is 0 Å². The number of anilines is 1. The maximum Gasteiger partial charge on any atom is 0.407 e. The normalized spacial score (nSPS) is 15.6. The number of benzene rings is 1. The lowest BCUT2D eigenvalue weighted by Crippen LogP contribution is -2.49. The molecule has 1 saturated heterocycles. The average Bonchev–Trinajstić information content (AvgIpc) is 3.32. The molecule has 2 N–H and O–H groups in total. The molecule has 0 unspecified atom stereocenters. The van der Waals surface area contributed by atoms with Gasteiger partial charge in [0.25, 0.3) is 5.56 Å². The van der Waals surface area contributed by atoms with Crippen molar-refractivity contribution in [2.24, 2.45) is 0 Å². The van der Waals surface area contributed by atoms with Crippen LogP contribution in [0.3, 0.4) is 0 Å². The Labute approximate surface area is 253 Å². The molecule has 1 aliphatic rings. The number of hydrogen-bond donors (Lipinski definition) is 2. The van der Waals surface area contributed by atoms with Crippen LogP contribution in [-0.2, 0) is 16.0 Å². The summed E-state index contributed by atoms with van der Waals surface area (Å²) < 4.78 is 12.9. The van der Waals surface area contributed by atoms with Crippen LogP contribution in [0.15, 0.2) is 35.1 Å². The zero-order valence-electron chi connectivity index (χ0n) is 26.4. The van der Waals surface area contributed by atoms with Crippen LogP contribution in [0.25, 0.3) is 11.0 Å². The fourth-order valence-corrected chi connectivity index (χ4v) is 5.43. The highest BCUT2D eigenvalue weighted by molar-refractivity contribution is 5.91. The van der Waals surface area contributed by atoms with Crippen molar-refractivity contribution in [3.63, 3.8) is 0 Å². The molecule has 0 radical (unpaired) electrons. The third-order valence-electron chi connectivity index (χ3n) is 7.70. The first-order valence-electron chi connectivity index (χ1n) is 15.3. The number of imidazole rings is 1. The molecule has 3 aromatic rings.